The summed E-state index contributed by atoms with van der Waals surface area (Å²) in [6, 6.07) is 18.4. The van der Waals surface area contributed by atoms with E-state index >= 15 is 0 Å². The fourth-order valence-electron chi connectivity index (χ4n) is 3.75. The molecule has 28 heavy (non-hydrogen) atoms. The number of methoxy groups -OCH3 is 1. The van der Waals surface area contributed by atoms with Gasteiger partial charge >= 0.3 is 6.03 Å². The largest absolute Gasteiger partial charge is 0.497 e. The van der Waals surface area contributed by atoms with Crippen LogP contribution in [0.15, 0.2) is 54.6 Å². The number of amides is 2. The molecule has 2 amide bonds. The summed E-state index contributed by atoms with van der Waals surface area (Å²) in [6.07, 6.45) is 2.36. The Bertz CT molecular complexity index is 733. The minimum atomic E-state index is -0.0176. The van der Waals surface area contributed by atoms with Gasteiger partial charge in [0.25, 0.3) is 0 Å². The molecule has 0 aliphatic carbocycles. The SMILES string of the molecule is COc1ccc(CN(C)C(=O)NCC2CCCN(Cc3ccccc3)C2)cc1. The zero-order chi connectivity index (χ0) is 19.8. The molecule has 0 saturated carbocycles. The smallest absolute Gasteiger partial charge is 0.317 e. The summed E-state index contributed by atoms with van der Waals surface area (Å²) in [5.74, 6) is 1.34. The first kappa shape index (κ1) is 20.2. The van der Waals surface area contributed by atoms with Crippen molar-refractivity contribution < 1.29 is 9.53 Å². The molecule has 2 aromatic carbocycles. The van der Waals surface area contributed by atoms with Crippen molar-refractivity contribution in [3.05, 3.63) is 65.7 Å². The average Bonchev–Trinajstić information content (AvgIpc) is 2.73. The maximum atomic E-state index is 12.5. The molecular formula is C23H31N3O2. The highest BCUT2D eigenvalue weighted by molar-refractivity contribution is 5.73. The third-order valence-electron chi connectivity index (χ3n) is 5.32. The third-order valence-corrected chi connectivity index (χ3v) is 5.32. The summed E-state index contributed by atoms with van der Waals surface area (Å²) in [5, 5.41) is 3.11. The van der Waals surface area contributed by atoms with Crippen molar-refractivity contribution in [3.63, 3.8) is 0 Å². The molecule has 1 saturated heterocycles. The quantitative estimate of drug-likeness (QED) is 0.794. The van der Waals surface area contributed by atoms with Crippen LogP contribution in [0.5, 0.6) is 5.75 Å². The predicted octanol–water partition coefficient (Wildman–Crippen LogP) is 3.75. The lowest BCUT2D eigenvalue weighted by atomic mass is 9.97. The van der Waals surface area contributed by atoms with E-state index in [4.69, 9.17) is 4.74 Å². The van der Waals surface area contributed by atoms with E-state index in [-0.39, 0.29) is 6.03 Å². The van der Waals surface area contributed by atoms with Crippen molar-refractivity contribution >= 4 is 6.03 Å². The summed E-state index contributed by atoms with van der Waals surface area (Å²) in [5.41, 5.74) is 2.44. The summed E-state index contributed by atoms with van der Waals surface area (Å²) < 4.78 is 5.18. The molecular weight excluding hydrogens is 350 g/mol. The van der Waals surface area contributed by atoms with Gasteiger partial charge in [0.05, 0.1) is 7.11 Å². The number of carbonyl (C=O) groups is 1. The van der Waals surface area contributed by atoms with Crippen LogP contribution in [0.3, 0.4) is 0 Å². The zero-order valence-corrected chi connectivity index (χ0v) is 16.9. The van der Waals surface area contributed by atoms with E-state index in [9.17, 15) is 4.79 Å². The fourth-order valence-corrected chi connectivity index (χ4v) is 3.75. The molecule has 1 unspecified atom stereocenters. The van der Waals surface area contributed by atoms with Gasteiger partial charge in [-0.25, -0.2) is 4.79 Å². The molecule has 0 bridgehead atoms. The zero-order valence-electron chi connectivity index (χ0n) is 16.9. The molecule has 1 fully saturated rings. The second kappa shape index (κ2) is 10.1. The van der Waals surface area contributed by atoms with Gasteiger partial charge in [-0.3, -0.25) is 4.90 Å². The Labute approximate surface area is 168 Å². The van der Waals surface area contributed by atoms with Crippen molar-refractivity contribution in [3.8, 4) is 5.75 Å². The molecule has 0 aromatic heterocycles. The molecule has 1 aliphatic rings. The molecule has 1 aliphatic heterocycles. The first-order valence-electron chi connectivity index (χ1n) is 10.0. The van der Waals surface area contributed by atoms with Gasteiger partial charge in [0, 0.05) is 33.2 Å². The number of carbonyl (C=O) groups excluding carboxylic acids is 1. The number of benzene rings is 2. The normalized spacial score (nSPS) is 17.1. The molecule has 0 spiro atoms. The van der Waals surface area contributed by atoms with Crippen molar-refractivity contribution in [1.82, 2.24) is 15.1 Å². The summed E-state index contributed by atoms with van der Waals surface area (Å²) in [4.78, 5) is 16.7. The first-order valence-corrected chi connectivity index (χ1v) is 10.0. The number of ether oxygens (including phenoxy) is 1. The lowest BCUT2D eigenvalue weighted by Gasteiger charge is -2.33. The van der Waals surface area contributed by atoms with E-state index in [2.05, 4.69) is 40.5 Å². The topological polar surface area (TPSA) is 44.8 Å². The van der Waals surface area contributed by atoms with Gasteiger partial charge in [0.15, 0.2) is 0 Å². The van der Waals surface area contributed by atoms with Gasteiger partial charge < -0.3 is 15.0 Å². The number of hydrogen-bond donors (Lipinski definition) is 1. The van der Waals surface area contributed by atoms with Gasteiger partial charge in [-0.1, -0.05) is 42.5 Å². The molecule has 5 heteroatoms. The highest BCUT2D eigenvalue weighted by Gasteiger charge is 2.21. The van der Waals surface area contributed by atoms with Crippen LogP contribution in [0.25, 0.3) is 0 Å². The molecule has 2 aromatic rings. The second-order valence-corrected chi connectivity index (χ2v) is 7.62. The van der Waals surface area contributed by atoms with Crippen molar-refractivity contribution in [2.75, 3.05) is 33.8 Å². The van der Waals surface area contributed by atoms with E-state index in [0.29, 0.717) is 12.5 Å². The number of hydrogen-bond acceptors (Lipinski definition) is 3. The second-order valence-electron chi connectivity index (χ2n) is 7.62. The highest BCUT2D eigenvalue weighted by Crippen LogP contribution is 2.18. The third kappa shape index (κ3) is 5.99. The Hall–Kier alpha value is -2.53. The molecule has 150 valence electrons. The van der Waals surface area contributed by atoms with Crippen LogP contribution in [-0.2, 0) is 13.1 Å². The first-order chi connectivity index (χ1) is 13.6. The molecule has 1 heterocycles. The van der Waals surface area contributed by atoms with Gasteiger partial charge in [-0.15, -0.1) is 0 Å². The number of urea groups is 1. The van der Waals surface area contributed by atoms with E-state index in [1.165, 1.54) is 18.4 Å². The maximum absolute atomic E-state index is 12.5. The predicted molar refractivity (Wildman–Crippen MR) is 112 cm³/mol. The number of piperidine rings is 1. The van der Waals surface area contributed by atoms with Crippen LogP contribution in [0.4, 0.5) is 4.79 Å². The van der Waals surface area contributed by atoms with Crippen molar-refractivity contribution in [2.24, 2.45) is 5.92 Å². The van der Waals surface area contributed by atoms with E-state index in [1.54, 1.807) is 12.0 Å². The Balaban J connectivity index is 1.42. The summed E-state index contributed by atoms with van der Waals surface area (Å²) >= 11 is 0. The van der Waals surface area contributed by atoms with Gasteiger partial charge in [0.2, 0.25) is 0 Å². The summed E-state index contributed by atoms with van der Waals surface area (Å²) in [7, 11) is 3.49. The van der Waals surface area contributed by atoms with E-state index in [1.807, 2.05) is 31.3 Å². The van der Waals surface area contributed by atoms with Crippen LogP contribution < -0.4 is 10.1 Å². The minimum absolute atomic E-state index is 0.0176. The minimum Gasteiger partial charge on any atom is -0.497 e. The van der Waals surface area contributed by atoms with E-state index in [0.717, 1.165) is 37.5 Å². The molecule has 1 atom stereocenters. The van der Waals surface area contributed by atoms with Crippen LogP contribution in [0.1, 0.15) is 24.0 Å². The van der Waals surface area contributed by atoms with Crippen molar-refractivity contribution in [2.45, 2.75) is 25.9 Å². The Morgan fingerprint density at radius 3 is 2.61 bits per heavy atom. The number of likely N-dealkylation sites (tertiary alicyclic amines) is 1. The number of nitrogens with one attached hydrogen (secondary N) is 1. The average molecular weight is 382 g/mol. The van der Waals surface area contributed by atoms with E-state index < -0.39 is 0 Å². The van der Waals surface area contributed by atoms with Crippen LogP contribution in [-0.4, -0.2) is 49.6 Å². The number of rotatable bonds is 7. The molecule has 0 radical (unpaired) electrons. The number of nitrogens with zero attached hydrogens (tertiary/aromatic N) is 2. The molecule has 1 N–H and O–H groups in total. The monoisotopic (exact) mass is 381 g/mol. The van der Waals surface area contributed by atoms with Gasteiger partial charge in [-0.05, 0) is 48.6 Å². The van der Waals surface area contributed by atoms with Crippen molar-refractivity contribution in [1.29, 1.82) is 0 Å². The maximum Gasteiger partial charge on any atom is 0.317 e. The van der Waals surface area contributed by atoms with Crippen LogP contribution in [0.2, 0.25) is 0 Å². The van der Waals surface area contributed by atoms with Crippen LogP contribution >= 0.6 is 0 Å². The Kier molecular flexibility index (Phi) is 7.31. The van der Waals surface area contributed by atoms with Gasteiger partial charge in [0.1, 0.15) is 5.75 Å². The Morgan fingerprint density at radius 2 is 1.89 bits per heavy atom. The molecule has 3 rings (SSSR count). The van der Waals surface area contributed by atoms with Crippen LogP contribution in [0, 0.1) is 5.92 Å². The fraction of sp³-hybridized carbons (Fsp3) is 0.435. The molecule has 5 nitrogen and oxygen atoms in total. The lowest BCUT2D eigenvalue weighted by molar-refractivity contribution is 0.161. The lowest BCUT2D eigenvalue weighted by Crippen LogP contribution is -2.43. The standard InChI is InChI=1S/C23H31N3O2/c1-25(16-20-10-12-22(28-2)13-11-20)23(27)24-15-21-9-6-14-26(18-21)17-19-7-4-3-5-8-19/h3-5,7-8,10-13,21H,6,9,14-18H2,1-2H3,(H,24,27). The highest BCUT2D eigenvalue weighted by atomic mass is 16.5. The van der Waals surface area contributed by atoms with Gasteiger partial charge in [-0.2, -0.15) is 0 Å². The summed E-state index contributed by atoms with van der Waals surface area (Å²) in [6.45, 7) is 4.48. The Morgan fingerprint density at radius 1 is 1.14 bits per heavy atom.